The number of fused-ring (bicyclic) bond motifs is 1. The first-order valence-corrected chi connectivity index (χ1v) is 8.10. The van der Waals surface area contributed by atoms with Crippen LogP contribution >= 0.6 is 23.1 Å². The lowest BCUT2D eigenvalue weighted by Gasteiger charge is -2.08. The quantitative estimate of drug-likeness (QED) is 0.890. The van der Waals surface area contributed by atoms with E-state index in [9.17, 15) is 4.79 Å². The van der Waals surface area contributed by atoms with E-state index in [4.69, 9.17) is 5.11 Å². The molecular formula is C13H18N2O2S2. The largest absolute Gasteiger partial charge is 0.396 e. The lowest BCUT2D eigenvalue weighted by Crippen LogP contribution is -2.11. The van der Waals surface area contributed by atoms with E-state index < -0.39 is 0 Å². The number of H-pyrrole nitrogens is 1. The van der Waals surface area contributed by atoms with Gasteiger partial charge in [0.25, 0.3) is 5.56 Å². The normalized spacial score (nSPS) is 13.1. The highest BCUT2D eigenvalue weighted by Gasteiger charge is 2.12. The summed E-state index contributed by atoms with van der Waals surface area (Å²) in [6.45, 7) is 6.24. The second-order valence-corrected chi connectivity index (χ2v) is 7.24. The van der Waals surface area contributed by atoms with E-state index in [1.807, 2.05) is 13.8 Å². The van der Waals surface area contributed by atoms with E-state index in [-0.39, 0.29) is 12.2 Å². The average molecular weight is 298 g/mol. The maximum absolute atomic E-state index is 12.1. The zero-order valence-electron chi connectivity index (χ0n) is 11.3. The molecule has 0 spiro atoms. The van der Waals surface area contributed by atoms with Gasteiger partial charge in [0, 0.05) is 16.7 Å². The number of nitrogens with one attached hydrogen (secondary N) is 1. The molecule has 1 unspecified atom stereocenters. The van der Waals surface area contributed by atoms with Crippen LogP contribution in [0, 0.1) is 13.8 Å². The molecule has 2 N–H and O–H groups in total. The van der Waals surface area contributed by atoms with Crippen molar-refractivity contribution in [1.82, 2.24) is 9.97 Å². The fourth-order valence-corrected chi connectivity index (χ4v) is 3.75. The van der Waals surface area contributed by atoms with Crippen molar-refractivity contribution in [2.45, 2.75) is 38.2 Å². The van der Waals surface area contributed by atoms with E-state index in [0.29, 0.717) is 16.8 Å². The molecule has 0 bridgehead atoms. The summed E-state index contributed by atoms with van der Waals surface area (Å²) in [6, 6.07) is 0. The minimum absolute atomic E-state index is 0.0442. The second-order valence-electron chi connectivity index (χ2n) is 4.61. The lowest BCUT2D eigenvalue weighted by atomic mass is 10.2. The van der Waals surface area contributed by atoms with Crippen LogP contribution in [0.5, 0.6) is 0 Å². The summed E-state index contributed by atoms with van der Waals surface area (Å²) in [4.78, 5) is 21.4. The average Bonchev–Trinajstić information content (AvgIpc) is 2.63. The SMILES string of the molecule is Cc1sc2nc(CSC(C)CCO)[nH]c(=O)c2c1C. The molecule has 104 valence electrons. The van der Waals surface area contributed by atoms with Crippen molar-refractivity contribution in [1.29, 1.82) is 0 Å². The zero-order valence-corrected chi connectivity index (χ0v) is 13.0. The Hall–Kier alpha value is -0.850. The van der Waals surface area contributed by atoms with E-state index in [0.717, 1.165) is 27.1 Å². The van der Waals surface area contributed by atoms with Crippen LogP contribution in [0.1, 0.15) is 29.6 Å². The molecule has 0 aliphatic carbocycles. The summed E-state index contributed by atoms with van der Waals surface area (Å²) in [7, 11) is 0. The molecule has 0 amide bonds. The molecule has 2 rings (SSSR count). The number of nitrogens with zero attached hydrogens (tertiary/aromatic N) is 1. The molecule has 6 heteroatoms. The highest BCUT2D eigenvalue weighted by molar-refractivity contribution is 7.99. The van der Waals surface area contributed by atoms with Gasteiger partial charge in [-0.05, 0) is 25.8 Å². The van der Waals surface area contributed by atoms with Gasteiger partial charge in [-0.25, -0.2) is 4.98 Å². The van der Waals surface area contributed by atoms with Crippen LogP contribution in [0.25, 0.3) is 10.2 Å². The summed E-state index contributed by atoms with van der Waals surface area (Å²) < 4.78 is 0. The van der Waals surface area contributed by atoms with Crippen LogP contribution in [0.2, 0.25) is 0 Å². The van der Waals surface area contributed by atoms with Crippen LogP contribution in [-0.4, -0.2) is 26.9 Å². The zero-order chi connectivity index (χ0) is 14.0. The van der Waals surface area contributed by atoms with Crippen molar-refractivity contribution in [3.63, 3.8) is 0 Å². The Bertz CT molecular complexity index is 633. The van der Waals surface area contributed by atoms with Crippen molar-refractivity contribution < 1.29 is 5.11 Å². The standard InChI is InChI=1S/C13H18N2O2S2/c1-7(4-5-16)18-6-10-14-12(17)11-8(2)9(3)19-13(11)15-10/h7,16H,4-6H2,1-3H3,(H,14,15,17). The lowest BCUT2D eigenvalue weighted by molar-refractivity contribution is 0.289. The maximum Gasteiger partial charge on any atom is 0.259 e. The Morgan fingerprint density at radius 1 is 1.47 bits per heavy atom. The number of aliphatic hydroxyl groups is 1. The van der Waals surface area contributed by atoms with E-state index in [1.165, 1.54) is 0 Å². The highest BCUT2D eigenvalue weighted by atomic mass is 32.2. The third-order valence-electron chi connectivity index (χ3n) is 3.13. The Morgan fingerprint density at radius 3 is 2.89 bits per heavy atom. The number of rotatable bonds is 5. The van der Waals surface area contributed by atoms with Gasteiger partial charge < -0.3 is 10.1 Å². The first-order chi connectivity index (χ1) is 9.02. The molecule has 0 fully saturated rings. The van der Waals surface area contributed by atoms with E-state index in [1.54, 1.807) is 23.1 Å². The summed E-state index contributed by atoms with van der Waals surface area (Å²) >= 11 is 3.27. The van der Waals surface area contributed by atoms with E-state index >= 15 is 0 Å². The van der Waals surface area contributed by atoms with Gasteiger partial charge in [0.05, 0.1) is 11.1 Å². The number of aryl methyl sites for hydroxylation is 2. The third-order valence-corrected chi connectivity index (χ3v) is 5.47. The Kier molecular flexibility index (Phi) is 4.65. The van der Waals surface area contributed by atoms with Crippen LogP contribution in [0.4, 0.5) is 0 Å². The minimum atomic E-state index is -0.0442. The number of thiophene rings is 1. The molecule has 4 nitrogen and oxygen atoms in total. The van der Waals surface area contributed by atoms with Crippen molar-refractivity contribution in [2.75, 3.05) is 6.61 Å². The van der Waals surface area contributed by atoms with Gasteiger partial charge in [0.1, 0.15) is 10.7 Å². The molecule has 19 heavy (non-hydrogen) atoms. The molecule has 0 aliphatic heterocycles. The molecular weight excluding hydrogens is 280 g/mol. The predicted octanol–water partition coefficient (Wildman–Crippen LogP) is 2.61. The van der Waals surface area contributed by atoms with Gasteiger partial charge in [0.15, 0.2) is 0 Å². The van der Waals surface area contributed by atoms with Crippen LogP contribution in [0.15, 0.2) is 4.79 Å². The second kappa shape index (κ2) is 6.07. The molecule has 1 atom stereocenters. The molecule has 2 aromatic heterocycles. The number of hydrogen-bond donors (Lipinski definition) is 2. The van der Waals surface area contributed by atoms with Crippen LogP contribution in [0.3, 0.4) is 0 Å². The Labute approximate surface area is 120 Å². The van der Waals surface area contributed by atoms with Gasteiger partial charge in [-0.1, -0.05) is 6.92 Å². The van der Waals surface area contributed by atoms with Gasteiger partial charge in [-0.15, -0.1) is 11.3 Å². The molecule has 0 radical (unpaired) electrons. The number of aliphatic hydroxyl groups excluding tert-OH is 1. The third kappa shape index (κ3) is 3.19. The Balaban J connectivity index is 2.24. The van der Waals surface area contributed by atoms with Crippen molar-refractivity contribution in [2.24, 2.45) is 0 Å². The molecule has 0 aliphatic rings. The van der Waals surface area contributed by atoms with Crippen molar-refractivity contribution in [3.8, 4) is 0 Å². The van der Waals surface area contributed by atoms with Crippen molar-refractivity contribution >= 4 is 33.3 Å². The number of aromatic nitrogens is 2. The minimum Gasteiger partial charge on any atom is -0.396 e. The fourth-order valence-electron chi connectivity index (χ4n) is 1.85. The summed E-state index contributed by atoms with van der Waals surface area (Å²) in [5, 5.41) is 9.95. The number of thioether (sulfide) groups is 1. The number of aromatic amines is 1. The monoisotopic (exact) mass is 298 g/mol. The molecule has 2 heterocycles. The molecule has 0 aromatic carbocycles. The van der Waals surface area contributed by atoms with Crippen LogP contribution < -0.4 is 5.56 Å². The summed E-state index contributed by atoms with van der Waals surface area (Å²) in [5.74, 6) is 1.39. The summed E-state index contributed by atoms with van der Waals surface area (Å²) in [5.41, 5.74) is 0.985. The van der Waals surface area contributed by atoms with Gasteiger partial charge in [-0.2, -0.15) is 11.8 Å². The first-order valence-electron chi connectivity index (χ1n) is 6.24. The molecule has 0 saturated carbocycles. The number of hydrogen-bond acceptors (Lipinski definition) is 5. The first kappa shape index (κ1) is 14.6. The Morgan fingerprint density at radius 2 is 2.21 bits per heavy atom. The van der Waals surface area contributed by atoms with E-state index in [2.05, 4.69) is 16.9 Å². The smallest absolute Gasteiger partial charge is 0.259 e. The van der Waals surface area contributed by atoms with Gasteiger partial charge in [0.2, 0.25) is 0 Å². The maximum atomic E-state index is 12.1. The summed E-state index contributed by atoms with van der Waals surface area (Å²) in [6.07, 6.45) is 0.758. The highest BCUT2D eigenvalue weighted by Crippen LogP contribution is 2.26. The van der Waals surface area contributed by atoms with Gasteiger partial charge in [-0.3, -0.25) is 4.79 Å². The topological polar surface area (TPSA) is 66.0 Å². The fraction of sp³-hybridized carbons (Fsp3) is 0.538. The van der Waals surface area contributed by atoms with Crippen molar-refractivity contribution in [3.05, 3.63) is 26.6 Å². The molecule has 0 saturated heterocycles. The van der Waals surface area contributed by atoms with Gasteiger partial charge >= 0.3 is 0 Å². The molecule has 2 aromatic rings. The van der Waals surface area contributed by atoms with Crippen LogP contribution in [-0.2, 0) is 5.75 Å². The predicted molar refractivity (Wildman–Crippen MR) is 82.2 cm³/mol.